The maximum atomic E-state index is 10.5. The monoisotopic (exact) mass is 375 g/mol. The van der Waals surface area contributed by atoms with E-state index in [-0.39, 0.29) is 0 Å². The summed E-state index contributed by atoms with van der Waals surface area (Å²) >= 11 is 0. The van der Waals surface area contributed by atoms with E-state index >= 15 is 0 Å². The van der Waals surface area contributed by atoms with Crippen molar-refractivity contribution in [3.8, 4) is 11.1 Å². The quantitative estimate of drug-likeness (QED) is 0.551. The van der Waals surface area contributed by atoms with Crippen molar-refractivity contribution in [3.63, 3.8) is 0 Å². The summed E-state index contributed by atoms with van der Waals surface area (Å²) in [6.45, 7) is 6.18. The van der Waals surface area contributed by atoms with Crippen molar-refractivity contribution >= 4 is 27.8 Å². The number of rotatable bonds is 5. The molecule has 0 amide bonds. The molecule has 0 saturated heterocycles. The highest BCUT2D eigenvalue weighted by atomic mass is 16.3. The molecule has 0 aliphatic carbocycles. The highest BCUT2D eigenvalue weighted by Crippen LogP contribution is 2.32. The predicted octanol–water partition coefficient (Wildman–Crippen LogP) is 3.95. The Bertz CT molecular complexity index is 1140. The van der Waals surface area contributed by atoms with Crippen molar-refractivity contribution in [2.45, 2.75) is 45.8 Å². The third-order valence-electron chi connectivity index (χ3n) is 4.82. The normalized spacial score (nSPS) is 12.1. The molecular formula is C22H25N5O. The van der Waals surface area contributed by atoms with Gasteiger partial charge in [-0.05, 0) is 49.6 Å². The third kappa shape index (κ3) is 3.31. The summed E-state index contributed by atoms with van der Waals surface area (Å²) in [4.78, 5) is 13.5. The Morgan fingerprint density at radius 2 is 1.82 bits per heavy atom. The number of aromatic nitrogens is 4. The van der Waals surface area contributed by atoms with Gasteiger partial charge in [0.05, 0.1) is 23.2 Å². The lowest BCUT2D eigenvalue weighted by Gasteiger charge is -2.20. The maximum Gasteiger partial charge on any atom is 0.152 e. The van der Waals surface area contributed by atoms with Crippen molar-refractivity contribution in [1.82, 2.24) is 19.5 Å². The molecule has 3 N–H and O–H groups in total. The molecule has 4 rings (SSSR count). The molecule has 0 fully saturated rings. The van der Waals surface area contributed by atoms with Gasteiger partial charge in [0.25, 0.3) is 0 Å². The van der Waals surface area contributed by atoms with Crippen LogP contribution in [0.2, 0.25) is 0 Å². The van der Waals surface area contributed by atoms with Gasteiger partial charge in [0.2, 0.25) is 0 Å². The highest BCUT2D eigenvalue weighted by Gasteiger charge is 2.22. The molecule has 3 heterocycles. The van der Waals surface area contributed by atoms with Crippen molar-refractivity contribution < 1.29 is 5.11 Å². The van der Waals surface area contributed by atoms with Crippen LogP contribution in [0.5, 0.6) is 0 Å². The predicted molar refractivity (Wildman–Crippen MR) is 113 cm³/mol. The van der Waals surface area contributed by atoms with Crippen LogP contribution in [0.3, 0.4) is 0 Å². The van der Waals surface area contributed by atoms with E-state index in [0.29, 0.717) is 17.9 Å². The van der Waals surface area contributed by atoms with Crippen LogP contribution in [-0.2, 0) is 13.0 Å². The number of benzene rings is 1. The van der Waals surface area contributed by atoms with Crippen LogP contribution in [0, 0.1) is 0 Å². The summed E-state index contributed by atoms with van der Waals surface area (Å²) in [7, 11) is 0. The number of hydrogen-bond donors (Lipinski definition) is 2. The zero-order valence-corrected chi connectivity index (χ0v) is 16.5. The molecule has 0 aliphatic rings. The van der Waals surface area contributed by atoms with Crippen molar-refractivity contribution in [1.29, 1.82) is 0 Å². The van der Waals surface area contributed by atoms with Gasteiger partial charge in [-0.3, -0.25) is 4.98 Å². The van der Waals surface area contributed by atoms with Crippen LogP contribution in [0.4, 0.5) is 5.82 Å². The summed E-state index contributed by atoms with van der Waals surface area (Å²) in [5.74, 6) is 1.35. The second-order valence-electron chi connectivity index (χ2n) is 7.84. The van der Waals surface area contributed by atoms with Crippen molar-refractivity contribution in [2.75, 3.05) is 5.73 Å². The zero-order valence-electron chi connectivity index (χ0n) is 16.5. The molecule has 6 nitrogen and oxygen atoms in total. The lowest BCUT2D eigenvalue weighted by molar-refractivity contribution is 0.0618. The Morgan fingerprint density at radius 1 is 1.07 bits per heavy atom. The van der Waals surface area contributed by atoms with Gasteiger partial charge in [-0.2, -0.15) is 0 Å². The standard InChI is InChI=1S/C22H25N5O/c1-4-5-18-26-19-20(27(18)13-22(2,3)28)16-7-6-15(12-17(16)25-21(19)23)14-8-10-24-11-9-14/h6-12,28H,4-5,13H2,1-3H3,(H2,23,25). The second kappa shape index (κ2) is 6.87. The number of nitrogen functional groups attached to an aromatic ring is 1. The minimum absolute atomic E-state index is 0.418. The lowest BCUT2D eigenvalue weighted by atomic mass is 10.0. The third-order valence-corrected chi connectivity index (χ3v) is 4.82. The van der Waals surface area contributed by atoms with Crippen LogP contribution < -0.4 is 5.73 Å². The van der Waals surface area contributed by atoms with Crippen LogP contribution in [-0.4, -0.2) is 30.2 Å². The molecule has 0 spiro atoms. The summed E-state index contributed by atoms with van der Waals surface area (Å²) in [5, 5.41) is 11.5. The fraction of sp³-hybridized carbons (Fsp3) is 0.318. The van der Waals surface area contributed by atoms with E-state index in [4.69, 9.17) is 10.7 Å². The molecule has 6 heteroatoms. The van der Waals surface area contributed by atoms with E-state index in [2.05, 4.69) is 33.6 Å². The molecule has 4 aromatic rings. The van der Waals surface area contributed by atoms with Gasteiger partial charge in [0.15, 0.2) is 5.82 Å². The van der Waals surface area contributed by atoms with Gasteiger partial charge in [-0.1, -0.05) is 19.1 Å². The van der Waals surface area contributed by atoms with Crippen LogP contribution in [0.1, 0.15) is 33.0 Å². The van der Waals surface area contributed by atoms with Crippen molar-refractivity contribution in [2.24, 2.45) is 0 Å². The minimum Gasteiger partial charge on any atom is -0.389 e. The first-order valence-corrected chi connectivity index (χ1v) is 9.58. The van der Waals surface area contributed by atoms with E-state index in [1.807, 2.05) is 32.0 Å². The highest BCUT2D eigenvalue weighted by molar-refractivity contribution is 6.07. The SMILES string of the molecule is CCCc1nc2c(N)nc3cc(-c4ccncc4)ccc3c2n1CC(C)(C)O. The number of imidazole rings is 1. The number of hydrogen-bond acceptors (Lipinski definition) is 5. The van der Waals surface area contributed by atoms with E-state index in [0.717, 1.165) is 46.2 Å². The largest absolute Gasteiger partial charge is 0.389 e. The Hall–Kier alpha value is -2.99. The number of aliphatic hydroxyl groups is 1. The first-order chi connectivity index (χ1) is 13.4. The maximum absolute atomic E-state index is 10.5. The lowest BCUT2D eigenvalue weighted by Crippen LogP contribution is -2.27. The smallest absolute Gasteiger partial charge is 0.152 e. The van der Waals surface area contributed by atoms with Crippen LogP contribution >= 0.6 is 0 Å². The molecule has 144 valence electrons. The molecular weight excluding hydrogens is 350 g/mol. The van der Waals surface area contributed by atoms with E-state index in [1.54, 1.807) is 12.4 Å². The second-order valence-corrected chi connectivity index (χ2v) is 7.84. The fourth-order valence-electron chi connectivity index (χ4n) is 3.65. The zero-order chi connectivity index (χ0) is 19.9. The number of fused-ring (bicyclic) bond motifs is 3. The van der Waals surface area contributed by atoms with Crippen LogP contribution in [0.15, 0.2) is 42.7 Å². The number of nitrogens with two attached hydrogens (primary N) is 1. The van der Waals surface area contributed by atoms with Gasteiger partial charge in [0.1, 0.15) is 11.3 Å². The first-order valence-electron chi connectivity index (χ1n) is 9.58. The number of aryl methyl sites for hydroxylation is 1. The molecule has 3 aromatic heterocycles. The molecule has 0 unspecified atom stereocenters. The Labute approximate surface area is 164 Å². The van der Waals surface area contributed by atoms with E-state index < -0.39 is 5.60 Å². The van der Waals surface area contributed by atoms with Gasteiger partial charge in [-0.25, -0.2) is 9.97 Å². The Morgan fingerprint density at radius 3 is 2.50 bits per heavy atom. The minimum atomic E-state index is -0.864. The van der Waals surface area contributed by atoms with Gasteiger partial charge in [-0.15, -0.1) is 0 Å². The number of pyridine rings is 2. The summed E-state index contributed by atoms with van der Waals surface area (Å²) in [6, 6.07) is 10.1. The first kappa shape index (κ1) is 18.4. The average molecular weight is 375 g/mol. The number of anilines is 1. The van der Waals surface area contributed by atoms with E-state index in [9.17, 15) is 5.11 Å². The fourth-order valence-corrected chi connectivity index (χ4v) is 3.65. The topological polar surface area (TPSA) is 89.9 Å². The van der Waals surface area contributed by atoms with Gasteiger partial charge < -0.3 is 15.4 Å². The molecule has 0 bridgehead atoms. The number of nitrogens with zero attached hydrogens (tertiary/aromatic N) is 4. The molecule has 28 heavy (non-hydrogen) atoms. The summed E-state index contributed by atoms with van der Waals surface area (Å²) < 4.78 is 2.10. The summed E-state index contributed by atoms with van der Waals surface area (Å²) in [6.07, 6.45) is 5.34. The van der Waals surface area contributed by atoms with Crippen molar-refractivity contribution in [3.05, 3.63) is 48.5 Å². The Kier molecular flexibility index (Phi) is 4.51. The summed E-state index contributed by atoms with van der Waals surface area (Å²) in [5.41, 5.74) is 10.0. The average Bonchev–Trinajstić information content (AvgIpc) is 3.00. The van der Waals surface area contributed by atoms with Crippen LogP contribution in [0.25, 0.3) is 33.1 Å². The molecule has 1 aromatic carbocycles. The van der Waals surface area contributed by atoms with E-state index in [1.165, 1.54) is 0 Å². The molecule has 0 atom stereocenters. The molecule has 0 radical (unpaired) electrons. The molecule has 0 aliphatic heterocycles. The Balaban J connectivity index is 1.99. The molecule has 0 saturated carbocycles. The van der Waals surface area contributed by atoms with Gasteiger partial charge in [0, 0.05) is 24.2 Å². The van der Waals surface area contributed by atoms with Gasteiger partial charge >= 0.3 is 0 Å².